The fourth-order valence-electron chi connectivity index (χ4n) is 1.07. The second-order valence-corrected chi connectivity index (χ2v) is 3.31. The Balaban J connectivity index is 2.86. The molecule has 0 fully saturated rings. The Morgan fingerprint density at radius 1 is 1.67 bits per heavy atom. The van der Waals surface area contributed by atoms with Crippen molar-refractivity contribution in [2.24, 2.45) is 5.73 Å². The van der Waals surface area contributed by atoms with E-state index in [1.807, 2.05) is 0 Å². The summed E-state index contributed by atoms with van der Waals surface area (Å²) in [4.78, 5) is 11.3. The minimum absolute atomic E-state index is 0.0627. The highest BCUT2D eigenvalue weighted by Crippen LogP contribution is 2.20. The fourth-order valence-corrected chi connectivity index (χ4v) is 1.26. The van der Waals surface area contributed by atoms with Crippen LogP contribution in [0.25, 0.3) is 0 Å². The van der Waals surface area contributed by atoms with Gasteiger partial charge < -0.3 is 10.5 Å². The van der Waals surface area contributed by atoms with Gasteiger partial charge in [-0.25, -0.2) is 9.18 Å². The molecule has 1 aromatic carbocycles. The molecule has 2 N–H and O–H groups in total. The number of esters is 1. The first-order valence-electron chi connectivity index (χ1n) is 4.43. The largest absolute Gasteiger partial charge is 0.465 e. The van der Waals surface area contributed by atoms with E-state index < -0.39 is 17.8 Å². The number of hydrogen-bond donors (Lipinski definition) is 1. The summed E-state index contributed by atoms with van der Waals surface area (Å²) in [5.74, 6) is -1.10. The van der Waals surface area contributed by atoms with Crippen LogP contribution >= 0.6 is 11.6 Å². The zero-order valence-electron chi connectivity index (χ0n) is 8.17. The molecular weight excluding hydrogens is 221 g/mol. The normalized spacial score (nSPS) is 12.3. The lowest BCUT2D eigenvalue weighted by atomic mass is 10.1. The second-order valence-electron chi connectivity index (χ2n) is 2.90. The van der Waals surface area contributed by atoms with Crippen molar-refractivity contribution in [2.45, 2.75) is 13.0 Å². The van der Waals surface area contributed by atoms with Crippen molar-refractivity contribution in [1.29, 1.82) is 0 Å². The van der Waals surface area contributed by atoms with Crippen molar-refractivity contribution >= 4 is 17.6 Å². The van der Waals surface area contributed by atoms with E-state index in [1.165, 1.54) is 12.1 Å². The lowest BCUT2D eigenvalue weighted by Gasteiger charge is -2.11. The monoisotopic (exact) mass is 231 g/mol. The van der Waals surface area contributed by atoms with E-state index in [-0.39, 0.29) is 11.6 Å². The van der Waals surface area contributed by atoms with Crippen LogP contribution in [0.3, 0.4) is 0 Å². The molecule has 15 heavy (non-hydrogen) atoms. The van der Waals surface area contributed by atoms with Crippen LogP contribution in [0.2, 0.25) is 5.02 Å². The van der Waals surface area contributed by atoms with Gasteiger partial charge in [0.1, 0.15) is 11.9 Å². The first-order chi connectivity index (χ1) is 7.06. The van der Waals surface area contributed by atoms with Gasteiger partial charge in [-0.05, 0) is 24.6 Å². The molecule has 1 rings (SSSR count). The third-order valence-electron chi connectivity index (χ3n) is 1.84. The van der Waals surface area contributed by atoms with Crippen LogP contribution in [-0.2, 0) is 9.53 Å². The van der Waals surface area contributed by atoms with Crippen LogP contribution in [0.4, 0.5) is 4.39 Å². The third kappa shape index (κ3) is 2.91. The van der Waals surface area contributed by atoms with Crippen molar-refractivity contribution in [3.05, 3.63) is 34.6 Å². The van der Waals surface area contributed by atoms with Gasteiger partial charge in [-0.15, -0.1) is 0 Å². The van der Waals surface area contributed by atoms with Gasteiger partial charge in [0.05, 0.1) is 11.6 Å². The van der Waals surface area contributed by atoms with E-state index in [9.17, 15) is 9.18 Å². The molecule has 0 bridgehead atoms. The highest BCUT2D eigenvalue weighted by molar-refractivity contribution is 6.30. The molecule has 0 saturated heterocycles. The molecule has 0 aromatic heterocycles. The minimum Gasteiger partial charge on any atom is -0.465 e. The molecule has 0 heterocycles. The summed E-state index contributed by atoms with van der Waals surface area (Å²) in [6, 6.07) is 2.96. The van der Waals surface area contributed by atoms with Gasteiger partial charge >= 0.3 is 5.97 Å². The first kappa shape index (κ1) is 11.9. The Labute approximate surface area is 92.0 Å². The highest BCUT2D eigenvalue weighted by Gasteiger charge is 2.17. The zero-order valence-corrected chi connectivity index (χ0v) is 8.92. The topological polar surface area (TPSA) is 52.3 Å². The van der Waals surface area contributed by atoms with Crippen LogP contribution in [0.5, 0.6) is 0 Å². The molecule has 1 aromatic rings. The number of ether oxygens (including phenoxy) is 1. The van der Waals surface area contributed by atoms with Crippen LogP contribution in [0.1, 0.15) is 18.5 Å². The molecule has 0 saturated carbocycles. The molecule has 82 valence electrons. The van der Waals surface area contributed by atoms with Crippen LogP contribution in [0.15, 0.2) is 18.2 Å². The molecule has 1 atom stereocenters. The molecular formula is C10H11ClFNO2. The average Bonchev–Trinajstić information content (AvgIpc) is 2.21. The van der Waals surface area contributed by atoms with Crippen molar-refractivity contribution < 1.29 is 13.9 Å². The molecule has 0 aliphatic carbocycles. The number of rotatable bonds is 3. The van der Waals surface area contributed by atoms with Crippen molar-refractivity contribution in [3.8, 4) is 0 Å². The zero-order chi connectivity index (χ0) is 11.4. The summed E-state index contributed by atoms with van der Waals surface area (Å²) in [6.45, 7) is 1.93. The lowest BCUT2D eigenvalue weighted by molar-refractivity contribution is -0.144. The van der Waals surface area contributed by atoms with Gasteiger partial charge in [0.15, 0.2) is 0 Å². The molecule has 0 amide bonds. The molecule has 3 nitrogen and oxygen atoms in total. The maximum Gasteiger partial charge on any atom is 0.327 e. The van der Waals surface area contributed by atoms with Crippen molar-refractivity contribution in [3.63, 3.8) is 0 Å². The van der Waals surface area contributed by atoms with Crippen LogP contribution in [-0.4, -0.2) is 12.6 Å². The quantitative estimate of drug-likeness (QED) is 0.810. The predicted molar refractivity (Wildman–Crippen MR) is 55.0 cm³/mol. The van der Waals surface area contributed by atoms with Gasteiger partial charge in [0, 0.05) is 0 Å². The molecule has 0 spiro atoms. The van der Waals surface area contributed by atoms with Crippen molar-refractivity contribution in [2.75, 3.05) is 6.61 Å². The van der Waals surface area contributed by atoms with E-state index >= 15 is 0 Å². The molecule has 0 aliphatic heterocycles. The van der Waals surface area contributed by atoms with Crippen molar-refractivity contribution in [1.82, 2.24) is 0 Å². The number of carbonyl (C=O) groups excluding carboxylic acids is 1. The van der Waals surface area contributed by atoms with Crippen LogP contribution in [0, 0.1) is 5.82 Å². The van der Waals surface area contributed by atoms with Crippen LogP contribution < -0.4 is 5.73 Å². The molecule has 1 unspecified atom stereocenters. The smallest absolute Gasteiger partial charge is 0.327 e. The van der Waals surface area contributed by atoms with Gasteiger partial charge in [-0.2, -0.15) is 0 Å². The number of nitrogens with two attached hydrogens (primary N) is 1. The minimum atomic E-state index is -0.928. The first-order valence-corrected chi connectivity index (χ1v) is 4.81. The standard InChI is InChI=1S/C10H11ClFNO2/c1-2-15-10(14)9(13)6-3-4-8(12)7(11)5-6/h3-5,9H,2,13H2,1H3. The molecule has 0 radical (unpaired) electrons. The molecule has 0 aliphatic rings. The SMILES string of the molecule is CCOC(=O)C(N)c1ccc(F)c(Cl)c1. The lowest BCUT2D eigenvalue weighted by Crippen LogP contribution is -2.23. The summed E-state index contributed by atoms with van der Waals surface area (Å²) in [5, 5.41) is -0.0627. The molecule has 5 heteroatoms. The fraction of sp³-hybridized carbons (Fsp3) is 0.300. The summed E-state index contributed by atoms with van der Waals surface area (Å²) >= 11 is 5.56. The summed E-state index contributed by atoms with van der Waals surface area (Å²) in [5.41, 5.74) is 6.02. The number of halogens is 2. The summed E-state index contributed by atoms with van der Waals surface area (Å²) < 4.78 is 17.5. The van der Waals surface area contributed by atoms with Gasteiger partial charge in [0.2, 0.25) is 0 Å². The predicted octanol–water partition coefficient (Wildman–Crippen LogP) is 2.04. The maximum absolute atomic E-state index is 12.8. The summed E-state index contributed by atoms with van der Waals surface area (Å²) in [7, 11) is 0. The number of benzene rings is 1. The summed E-state index contributed by atoms with van der Waals surface area (Å²) in [6.07, 6.45) is 0. The Morgan fingerprint density at radius 2 is 2.33 bits per heavy atom. The Kier molecular flexibility index (Phi) is 4.05. The second kappa shape index (κ2) is 5.09. The van der Waals surface area contributed by atoms with E-state index in [0.29, 0.717) is 5.56 Å². The maximum atomic E-state index is 12.8. The highest BCUT2D eigenvalue weighted by atomic mass is 35.5. The number of hydrogen-bond acceptors (Lipinski definition) is 3. The van der Waals surface area contributed by atoms with E-state index in [4.69, 9.17) is 22.1 Å². The van der Waals surface area contributed by atoms with Gasteiger partial charge in [0.25, 0.3) is 0 Å². The Hall–Kier alpha value is -1.13. The van der Waals surface area contributed by atoms with E-state index in [2.05, 4.69) is 0 Å². The third-order valence-corrected chi connectivity index (χ3v) is 2.13. The number of carbonyl (C=O) groups is 1. The van der Waals surface area contributed by atoms with E-state index in [1.54, 1.807) is 6.92 Å². The van der Waals surface area contributed by atoms with Gasteiger partial charge in [-0.3, -0.25) is 0 Å². The Morgan fingerprint density at radius 3 is 2.87 bits per heavy atom. The average molecular weight is 232 g/mol. The van der Waals surface area contributed by atoms with Gasteiger partial charge in [-0.1, -0.05) is 17.7 Å². The Bertz CT molecular complexity index is 370. The van der Waals surface area contributed by atoms with E-state index in [0.717, 1.165) is 6.07 Å².